The van der Waals surface area contributed by atoms with Crippen LogP contribution in [0.5, 0.6) is 5.75 Å². The maximum absolute atomic E-state index is 13.5. The number of carbonyl (C=O) groups excluding carboxylic acids is 2. The van der Waals surface area contributed by atoms with Crippen LogP contribution in [0.3, 0.4) is 0 Å². The highest BCUT2D eigenvalue weighted by molar-refractivity contribution is 6.67. The molecule has 2 bridgehead atoms. The fraction of sp³-hybridized carbons (Fsp3) is 0.600. The highest BCUT2D eigenvalue weighted by Gasteiger charge is 2.68. The van der Waals surface area contributed by atoms with Gasteiger partial charge < -0.3 is 24.7 Å². The molecule has 0 radical (unpaired) electrons. The number of aliphatic hydroxyl groups excluding tert-OH is 1. The molecule has 4 aliphatic rings. The lowest BCUT2D eigenvalue weighted by molar-refractivity contribution is -0.207. The SMILES string of the molecule is C=C[C@]1(C)C[C@@H](OC(=O)COc2ccc3c(c2)B(O)N(C(=O)O)N=C3)[C@]2(C)[C@H](C)CC[C@]3(CCC(=O)[C@H]32)[C@@H](C)[C@@H]1O. The summed E-state index contributed by atoms with van der Waals surface area (Å²) in [6.45, 7) is 11.8. The first-order valence-corrected chi connectivity index (χ1v) is 14.3. The maximum Gasteiger partial charge on any atom is 0.478 e. The van der Waals surface area contributed by atoms with Crippen molar-refractivity contribution in [2.24, 2.45) is 39.1 Å². The second-order valence-electron chi connectivity index (χ2n) is 12.9. The molecule has 41 heavy (non-hydrogen) atoms. The van der Waals surface area contributed by atoms with Crippen molar-refractivity contribution >= 4 is 36.6 Å². The lowest BCUT2D eigenvalue weighted by Crippen LogP contribution is -2.63. The molecule has 0 spiro atoms. The Hall–Kier alpha value is -3.18. The smallest absolute Gasteiger partial charge is 0.478 e. The quantitative estimate of drug-likeness (QED) is 0.280. The van der Waals surface area contributed by atoms with Crippen molar-refractivity contribution in [1.82, 2.24) is 4.92 Å². The minimum atomic E-state index is -1.51. The fourth-order valence-electron chi connectivity index (χ4n) is 8.29. The van der Waals surface area contributed by atoms with Gasteiger partial charge in [-0.25, -0.2) is 14.5 Å². The molecule has 3 aliphatic carbocycles. The minimum Gasteiger partial charge on any atom is -0.482 e. The van der Waals surface area contributed by atoms with Crippen molar-refractivity contribution in [3.05, 3.63) is 36.4 Å². The summed E-state index contributed by atoms with van der Waals surface area (Å²) in [5, 5.41) is 35.1. The van der Waals surface area contributed by atoms with E-state index >= 15 is 0 Å². The first-order chi connectivity index (χ1) is 19.3. The number of ether oxygens (including phenoxy) is 2. The molecule has 0 unspecified atom stereocenters. The second-order valence-corrected chi connectivity index (χ2v) is 12.9. The van der Waals surface area contributed by atoms with Crippen LogP contribution in [0.2, 0.25) is 0 Å². The highest BCUT2D eigenvalue weighted by Crippen LogP contribution is 2.68. The molecule has 8 atom stereocenters. The number of hydrogen-bond donors (Lipinski definition) is 3. The third-order valence-corrected chi connectivity index (χ3v) is 11.0. The minimum absolute atomic E-state index is 0.110. The van der Waals surface area contributed by atoms with Crippen LogP contribution in [-0.2, 0) is 14.3 Å². The van der Waals surface area contributed by atoms with Gasteiger partial charge in [0.2, 0.25) is 0 Å². The average Bonchev–Trinajstić information content (AvgIpc) is 3.30. The Kier molecular flexibility index (Phi) is 7.35. The summed E-state index contributed by atoms with van der Waals surface area (Å²) in [7, 11) is -1.51. The number of ketones is 1. The number of hydrazone groups is 1. The predicted octanol–water partition coefficient (Wildman–Crippen LogP) is 2.99. The molecular weight excluding hydrogens is 527 g/mol. The van der Waals surface area contributed by atoms with E-state index in [0.29, 0.717) is 23.3 Å². The van der Waals surface area contributed by atoms with E-state index in [1.807, 2.05) is 6.92 Å². The first-order valence-electron chi connectivity index (χ1n) is 14.3. The average molecular weight is 566 g/mol. The molecule has 3 fully saturated rings. The third-order valence-electron chi connectivity index (χ3n) is 11.0. The molecule has 3 saturated carbocycles. The van der Waals surface area contributed by atoms with E-state index in [1.54, 1.807) is 18.2 Å². The van der Waals surface area contributed by atoms with E-state index < -0.39 is 48.8 Å². The molecule has 5 rings (SSSR count). The maximum atomic E-state index is 13.5. The number of carbonyl (C=O) groups is 3. The van der Waals surface area contributed by atoms with Crippen LogP contribution in [0.4, 0.5) is 4.79 Å². The molecule has 1 aromatic carbocycles. The molecule has 10 nitrogen and oxygen atoms in total. The van der Waals surface area contributed by atoms with Gasteiger partial charge in [-0.1, -0.05) is 39.8 Å². The van der Waals surface area contributed by atoms with E-state index in [0.717, 1.165) is 19.3 Å². The lowest BCUT2D eigenvalue weighted by Gasteiger charge is -2.61. The summed E-state index contributed by atoms with van der Waals surface area (Å²) in [5.41, 5.74) is -0.923. The van der Waals surface area contributed by atoms with Gasteiger partial charge in [-0.3, -0.25) is 4.79 Å². The number of esters is 1. The van der Waals surface area contributed by atoms with E-state index in [9.17, 15) is 29.6 Å². The fourth-order valence-corrected chi connectivity index (χ4v) is 8.29. The standard InChI is InChI=1S/C30H39BN2O8/c1-6-28(4)14-23(29(5)17(2)9-11-30(18(3)26(28)36)12-10-22(34)25(29)30)41-24(35)16-40-20-8-7-19-15-32-33(27(37)38)31(39)21(19)13-20/h6-8,13,15,17-18,23,25-26,36,39H,1,9-12,14,16H2,2-5H3,(H,37,38)/t17-,18+,23-,25+,26+,28-,29+,30+/m1/s1. The summed E-state index contributed by atoms with van der Waals surface area (Å²) in [6.07, 6.45) is 3.50. The van der Waals surface area contributed by atoms with Gasteiger partial charge in [0, 0.05) is 23.2 Å². The number of rotatable bonds is 5. The number of nitrogens with zero attached hydrogens (tertiary/aromatic N) is 2. The van der Waals surface area contributed by atoms with Crippen molar-refractivity contribution < 1.29 is 39.1 Å². The molecule has 0 aromatic heterocycles. The van der Waals surface area contributed by atoms with Gasteiger partial charge in [0.25, 0.3) is 0 Å². The Morgan fingerprint density at radius 1 is 1.27 bits per heavy atom. The van der Waals surface area contributed by atoms with Gasteiger partial charge in [0.05, 0.1) is 12.3 Å². The molecule has 11 heteroatoms. The van der Waals surface area contributed by atoms with Crippen LogP contribution in [0.25, 0.3) is 0 Å². The van der Waals surface area contributed by atoms with Gasteiger partial charge in [0.15, 0.2) is 6.61 Å². The summed E-state index contributed by atoms with van der Waals surface area (Å²) in [5.74, 6) is -0.511. The topological polar surface area (TPSA) is 146 Å². The van der Waals surface area contributed by atoms with Gasteiger partial charge in [-0.05, 0) is 66.1 Å². The van der Waals surface area contributed by atoms with Gasteiger partial charge in [-0.2, -0.15) is 5.10 Å². The molecular formula is C30H39BN2O8. The third kappa shape index (κ3) is 4.48. The Morgan fingerprint density at radius 3 is 2.68 bits per heavy atom. The van der Waals surface area contributed by atoms with Crippen molar-refractivity contribution in [2.75, 3.05) is 6.61 Å². The van der Waals surface area contributed by atoms with Crippen LogP contribution >= 0.6 is 0 Å². The van der Waals surface area contributed by atoms with Gasteiger partial charge in [0.1, 0.15) is 17.6 Å². The molecule has 1 aromatic rings. The monoisotopic (exact) mass is 566 g/mol. The number of fused-ring (bicyclic) bond motifs is 1. The Bertz CT molecular complexity index is 1300. The zero-order chi connectivity index (χ0) is 29.9. The molecule has 3 N–H and O–H groups in total. The second kappa shape index (κ2) is 10.3. The van der Waals surface area contributed by atoms with Gasteiger partial charge in [-0.15, -0.1) is 6.58 Å². The van der Waals surface area contributed by atoms with Crippen LogP contribution < -0.4 is 10.2 Å². The van der Waals surface area contributed by atoms with Crippen molar-refractivity contribution in [3.63, 3.8) is 0 Å². The number of carboxylic acid groups (broad SMARTS) is 1. The lowest BCUT2D eigenvalue weighted by atomic mass is 9.44. The Labute approximate surface area is 240 Å². The van der Waals surface area contributed by atoms with E-state index in [2.05, 4.69) is 32.5 Å². The molecule has 0 saturated heterocycles. The number of Topliss-reactive ketones (excluding diaryl/α,β-unsaturated/α-hetero) is 1. The number of hydrogen-bond acceptors (Lipinski definition) is 8. The summed E-state index contributed by atoms with van der Waals surface area (Å²) in [6, 6.07) is 4.68. The van der Waals surface area contributed by atoms with Crippen LogP contribution in [0, 0.1) is 34.0 Å². The Balaban J connectivity index is 1.40. The molecule has 1 heterocycles. The van der Waals surface area contributed by atoms with E-state index in [4.69, 9.17) is 9.47 Å². The summed E-state index contributed by atoms with van der Waals surface area (Å²) >= 11 is 0. The number of aliphatic hydroxyl groups is 1. The highest BCUT2D eigenvalue weighted by atomic mass is 16.6. The zero-order valence-corrected chi connectivity index (χ0v) is 24.1. The summed E-state index contributed by atoms with van der Waals surface area (Å²) < 4.78 is 11.9. The van der Waals surface area contributed by atoms with E-state index in [1.165, 1.54) is 12.3 Å². The summed E-state index contributed by atoms with van der Waals surface area (Å²) in [4.78, 5) is 38.7. The van der Waals surface area contributed by atoms with Crippen LogP contribution in [0.15, 0.2) is 36.0 Å². The predicted molar refractivity (Wildman–Crippen MR) is 152 cm³/mol. The van der Waals surface area contributed by atoms with Crippen molar-refractivity contribution in [1.29, 1.82) is 0 Å². The van der Waals surface area contributed by atoms with Crippen LogP contribution in [-0.4, -0.2) is 70.1 Å². The van der Waals surface area contributed by atoms with Gasteiger partial charge >= 0.3 is 19.1 Å². The molecule has 1 aliphatic heterocycles. The van der Waals surface area contributed by atoms with Crippen LogP contribution in [0.1, 0.15) is 65.4 Å². The first kappa shape index (κ1) is 29.3. The largest absolute Gasteiger partial charge is 0.482 e. The van der Waals surface area contributed by atoms with Crippen molar-refractivity contribution in [2.45, 2.75) is 72.0 Å². The Morgan fingerprint density at radius 2 is 2.00 bits per heavy atom. The zero-order valence-electron chi connectivity index (χ0n) is 24.1. The molecule has 1 amide bonds. The van der Waals surface area contributed by atoms with Crippen molar-refractivity contribution in [3.8, 4) is 5.75 Å². The normalized spacial score (nSPS) is 37.9. The molecule has 220 valence electrons. The number of benzene rings is 1. The number of amides is 1. The van der Waals surface area contributed by atoms with E-state index in [-0.39, 0.29) is 40.2 Å².